The summed E-state index contributed by atoms with van der Waals surface area (Å²) < 4.78 is 26.4. The van der Waals surface area contributed by atoms with E-state index in [4.69, 9.17) is 17.3 Å². The summed E-state index contributed by atoms with van der Waals surface area (Å²) in [6.45, 7) is 0.966. The van der Waals surface area contributed by atoms with Crippen LogP contribution < -0.4 is 5.73 Å². The number of nitrogens with two attached hydrogens (primary N) is 1. The fourth-order valence-electron chi connectivity index (χ4n) is 2.17. The van der Waals surface area contributed by atoms with E-state index in [0.29, 0.717) is 30.1 Å². The highest BCUT2D eigenvalue weighted by atomic mass is 35.5. The fraction of sp³-hybridized carbons (Fsp3) is 0.462. The zero-order valence-electron chi connectivity index (χ0n) is 11.8. The molecular formula is C13H18ClN3O3S. The molecule has 1 aromatic rings. The van der Waals surface area contributed by atoms with Gasteiger partial charge in [-0.15, -0.1) is 0 Å². The normalized spacial score (nSPS) is 17.9. The third-order valence-corrected chi connectivity index (χ3v) is 5.71. The molecule has 0 atom stereocenters. The van der Waals surface area contributed by atoms with E-state index in [2.05, 4.69) is 0 Å². The number of carbonyl (C=O) groups is 1. The number of carbonyl (C=O) groups excluding carboxylic acids is 1. The first-order chi connectivity index (χ1) is 9.86. The van der Waals surface area contributed by atoms with Gasteiger partial charge in [-0.25, -0.2) is 8.42 Å². The molecule has 0 bridgehead atoms. The summed E-state index contributed by atoms with van der Waals surface area (Å²) in [6, 6.07) is 4.46. The van der Waals surface area contributed by atoms with Crippen LogP contribution in [0.3, 0.4) is 0 Å². The zero-order valence-corrected chi connectivity index (χ0v) is 13.3. The Morgan fingerprint density at radius 2 is 2.05 bits per heavy atom. The van der Waals surface area contributed by atoms with Gasteiger partial charge in [0.1, 0.15) is 0 Å². The molecule has 0 saturated carbocycles. The summed E-state index contributed by atoms with van der Waals surface area (Å²) >= 11 is 6.02. The number of likely N-dealkylation sites (N-methyl/N-ethyl adjacent to an activating group) is 1. The van der Waals surface area contributed by atoms with Gasteiger partial charge in [-0.1, -0.05) is 17.7 Å². The van der Waals surface area contributed by atoms with Gasteiger partial charge in [0.05, 0.1) is 11.4 Å². The largest absolute Gasteiger partial charge is 0.345 e. The maximum Gasteiger partial charge on any atom is 0.243 e. The molecule has 2 N–H and O–H groups in total. The van der Waals surface area contributed by atoms with Crippen LogP contribution in [0, 0.1) is 0 Å². The van der Waals surface area contributed by atoms with Crippen LogP contribution in [0.5, 0.6) is 0 Å². The summed E-state index contributed by atoms with van der Waals surface area (Å²) in [5.41, 5.74) is 6.19. The Bertz CT molecular complexity index is 648. The fourth-order valence-corrected chi connectivity index (χ4v) is 3.95. The van der Waals surface area contributed by atoms with E-state index in [-0.39, 0.29) is 23.9 Å². The highest BCUT2D eigenvalue weighted by Gasteiger charge is 2.30. The van der Waals surface area contributed by atoms with Crippen molar-refractivity contribution in [3.8, 4) is 0 Å². The first-order valence-electron chi connectivity index (χ1n) is 6.59. The van der Waals surface area contributed by atoms with Gasteiger partial charge in [0.2, 0.25) is 15.9 Å². The van der Waals surface area contributed by atoms with E-state index in [9.17, 15) is 13.2 Å². The average molecular weight is 332 g/mol. The number of benzene rings is 1. The predicted molar refractivity (Wildman–Crippen MR) is 80.4 cm³/mol. The molecule has 1 aliphatic rings. The van der Waals surface area contributed by atoms with Crippen molar-refractivity contribution in [2.45, 2.75) is 17.9 Å². The minimum atomic E-state index is -3.73. The van der Waals surface area contributed by atoms with Gasteiger partial charge < -0.3 is 10.6 Å². The molecule has 1 fully saturated rings. The summed E-state index contributed by atoms with van der Waals surface area (Å²) in [6.07, 6.45) is 0.607. The van der Waals surface area contributed by atoms with Crippen molar-refractivity contribution in [3.05, 3.63) is 28.8 Å². The van der Waals surface area contributed by atoms with Crippen molar-refractivity contribution in [1.82, 2.24) is 9.21 Å². The van der Waals surface area contributed by atoms with Crippen molar-refractivity contribution in [2.24, 2.45) is 5.73 Å². The third kappa shape index (κ3) is 3.37. The highest BCUT2D eigenvalue weighted by Crippen LogP contribution is 2.24. The maximum absolute atomic E-state index is 12.6. The molecule has 0 spiro atoms. The van der Waals surface area contributed by atoms with E-state index in [1.54, 1.807) is 18.0 Å². The molecule has 2 rings (SSSR count). The minimum Gasteiger partial charge on any atom is -0.345 e. The number of amides is 1. The van der Waals surface area contributed by atoms with E-state index in [1.165, 1.54) is 16.4 Å². The summed E-state index contributed by atoms with van der Waals surface area (Å²) in [4.78, 5) is 13.5. The molecule has 1 saturated heterocycles. The van der Waals surface area contributed by atoms with E-state index in [0.717, 1.165) is 0 Å². The van der Waals surface area contributed by atoms with Crippen LogP contribution in [0.1, 0.15) is 12.0 Å². The number of sulfonamides is 1. The van der Waals surface area contributed by atoms with Crippen LogP contribution in [0.15, 0.2) is 23.1 Å². The van der Waals surface area contributed by atoms with Gasteiger partial charge >= 0.3 is 0 Å². The van der Waals surface area contributed by atoms with Gasteiger partial charge in [0.15, 0.2) is 0 Å². The van der Waals surface area contributed by atoms with Crippen molar-refractivity contribution < 1.29 is 13.2 Å². The molecule has 1 heterocycles. The summed E-state index contributed by atoms with van der Waals surface area (Å²) in [5.74, 6) is -0.208. The second-order valence-electron chi connectivity index (χ2n) is 4.96. The van der Waals surface area contributed by atoms with Crippen LogP contribution in [0.2, 0.25) is 5.02 Å². The second-order valence-corrected chi connectivity index (χ2v) is 7.31. The molecular weight excluding hydrogens is 314 g/mol. The highest BCUT2D eigenvalue weighted by molar-refractivity contribution is 7.89. The Hall–Kier alpha value is -1.15. The zero-order chi connectivity index (χ0) is 15.6. The molecule has 0 aliphatic carbocycles. The monoisotopic (exact) mass is 331 g/mol. The molecule has 8 heteroatoms. The van der Waals surface area contributed by atoms with Crippen LogP contribution in [-0.2, 0) is 21.4 Å². The van der Waals surface area contributed by atoms with Gasteiger partial charge in [-0.2, -0.15) is 4.31 Å². The number of hydrogen-bond acceptors (Lipinski definition) is 4. The predicted octanol–water partition coefficient (Wildman–Crippen LogP) is 0.651. The SMILES string of the molecule is CN1CCCN(S(=O)(=O)c2ccc(CN)c(Cl)c2)CC1=O. The van der Waals surface area contributed by atoms with E-state index < -0.39 is 10.0 Å². The van der Waals surface area contributed by atoms with Crippen LogP contribution in [0.4, 0.5) is 0 Å². The van der Waals surface area contributed by atoms with Crippen molar-refractivity contribution >= 4 is 27.5 Å². The first kappa shape index (κ1) is 16.2. The van der Waals surface area contributed by atoms with Gasteiger partial charge in [0, 0.05) is 31.7 Å². The number of rotatable bonds is 3. The molecule has 0 unspecified atom stereocenters. The van der Waals surface area contributed by atoms with Crippen molar-refractivity contribution in [1.29, 1.82) is 0 Å². The second kappa shape index (κ2) is 6.31. The van der Waals surface area contributed by atoms with Crippen molar-refractivity contribution in [2.75, 3.05) is 26.7 Å². The lowest BCUT2D eigenvalue weighted by Crippen LogP contribution is -2.38. The molecule has 1 aromatic carbocycles. The van der Waals surface area contributed by atoms with Crippen LogP contribution >= 0.6 is 11.6 Å². The van der Waals surface area contributed by atoms with E-state index in [1.807, 2.05) is 0 Å². The lowest BCUT2D eigenvalue weighted by molar-refractivity contribution is -0.129. The Kier molecular flexibility index (Phi) is 4.88. The molecule has 0 radical (unpaired) electrons. The quantitative estimate of drug-likeness (QED) is 0.881. The minimum absolute atomic E-state index is 0.0852. The summed E-state index contributed by atoms with van der Waals surface area (Å²) in [7, 11) is -2.06. The lowest BCUT2D eigenvalue weighted by Gasteiger charge is -2.20. The molecule has 6 nitrogen and oxygen atoms in total. The van der Waals surface area contributed by atoms with Gasteiger partial charge in [-0.3, -0.25) is 4.79 Å². The van der Waals surface area contributed by atoms with Crippen LogP contribution in [0.25, 0.3) is 0 Å². The molecule has 1 amide bonds. The summed E-state index contributed by atoms with van der Waals surface area (Å²) in [5, 5.41) is 0.317. The smallest absolute Gasteiger partial charge is 0.243 e. The standard InChI is InChI=1S/C13H18ClN3O3S/c1-16-5-2-6-17(9-13(16)18)21(19,20)11-4-3-10(8-15)12(14)7-11/h3-4,7H,2,5-6,8-9,15H2,1H3. The van der Waals surface area contributed by atoms with Gasteiger partial charge in [-0.05, 0) is 24.1 Å². The number of hydrogen-bond donors (Lipinski definition) is 1. The van der Waals surface area contributed by atoms with E-state index >= 15 is 0 Å². The Morgan fingerprint density at radius 1 is 1.33 bits per heavy atom. The third-order valence-electron chi connectivity index (χ3n) is 3.52. The first-order valence-corrected chi connectivity index (χ1v) is 8.40. The Labute approximate surface area is 129 Å². The molecule has 21 heavy (non-hydrogen) atoms. The Balaban J connectivity index is 2.33. The maximum atomic E-state index is 12.6. The molecule has 116 valence electrons. The number of nitrogens with zero attached hydrogens (tertiary/aromatic N) is 2. The average Bonchev–Trinajstić information content (AvgIpc) is 2.61. The molecule has 0 aromatic heterocycles. The van der Waals surface area contributed by atoms with Crippen LogP contribution in [-0.4, -0.2) is 50.2 Å². The number of halogens is 1. The lowest BCUT2D eigenvalue weighted by atomic mass is 10.2. The molecule has 1 aliphatic heterocycles. The topological polar surface area (TPSA) is 83.7 Å². The van der Waals surface area contributed by atoms with Gasteiger partial charge in [0.25, 0.3) is 0 Å². The van der Waals surface area contributed by atoms with Crippen molar-refractivity contribution in [3.63, 3.8) is 0 Å². The Morgan fingerprint density at radius 3 is 2.67 bits per heavy atom.